The Kier molecular flexibility index (Phi) is 8.37. The largest absolute Gasteiger partial charge is 0.450 e. The predicted octanol–water partition coefficient (Wildman–Crippen LogP) is 4.41. The van der Waals surface area contributed by atoms with Gasteiger partial charge in [0, 0.05) is 43.0 Å². The average molecular weight is 515 g/mol. The first-order valence-corrected chi connectivity index (χ1v) is 12.5. The molecule has 1 aliphatic heterocycles. The first-order chi connectivity index (χ1) is 18.4. The molecule has 0 unspecified atom stereocenters. The molecule has 1 heterocycles. The van der Waals surface area contributed by atoms with Crippen molar-refractivity contribution >= 4 is 35.2 Å². The topological polar surface area (TPSA) is 108 Å². The minimum absolute atomic E-state index is 0.232. The summed E-state index contributed by atoms with van der Waals surface area (Å²) in [5.41, 5.74) is 2.92. The quantitative estimate of drug-likeness (QED) is 0.507. The molecule has 38 heavy (non-hydrogen) atoms. The van der Waals surface area contributed by atoms with Gasteiger partial charge in [0.15, 0.2) is 0 Å². The zero-order valence-corrected chi connectivity index (χ0v) is 21.4. The number of nitrogens with zero attached hydrogens (tertiary/aromatic N) is 2. The normalized spacial score (nSPS) is 13.0. The number of para-hydroxylation sites is 1. The van der Waals surface area contributed by atoms with E-state index in [2.05, 4.69) is 10.6 Å². The van der Waals surface area contributed by atoms with E-state index in [1.807, 2.05) is 13.0 Å². The van der Waals surface area contributed by atoms with E-state index in [4.69, 9.17) is 4.74 Å². The number of rotatable bonds is 6. The van der Waals surface area contributed by atoms with E-state index in [1.54, 1.807) is 83.5 Å². The molecule has 4 amide bonds. The van der Waals surface area contributed by atoms with E-state index in [1.165, 1.54) is 0 Å². The van der Waals surface area contributed by atoms with Crippen molar-refractivity contribution in [1.82, 2.24) is 9.80 Å². The molecule has 4 rings (SSSR count). The van der Waals surface area contributed by atoms with Gasteiger partial charge < -0.3 is 25.2 Å². The molecule has 0 radical (unpaired) electrons. The molecule has 3 aromatic carbocycles. The van der Waals surface area contributed by atoms with Crippen molar-refractivity contribution in [1.29, 1.82) is 0 Å². The molecule has 0 saturated carbocycles. The maximum Gasteiger partial charge on any atom is 0.409 e. The molecule has 9 nitrogen and oxygen atoms in total. The first-order valence-electron chi connectivity index (χ1n) is 12.5. The molecule has 3 aromatic rings. The molecule has 0 atom stereocenters. The third kappa shape index (κ3) is 6.18. The van der Waals surface area contributed by atoms with Crippen molar-refractivity contribution in [2.75, 3.05) is 43.4 Å². The summed E-state index contributed by atoms with van der Waals surface area (Å²) in [6, 6.07) is 20.7. The Morgan fingerprint density at radius 1 is 0.737 bits per heavy atom. The SMILES string of the molecule is CCOC(=O)N1CCN(C(=O)c2ccccc2NC(=O)c2ccc(C)c(NC(=O)c3ccccc3)c2)CC1. The zero-order chi connectivity index (χ0) is 27.1. The third-order valence-electron chi connectivity index (χ3n) is 6.28. The molecule has 2 N–H and O–H groups in total. The van der Waals surface area contributed by atoms with E-state index >= 15 is 0 Å². The van der Waals surface area contributed by atoms with Gasteiger partial charge in [-0.05, 0) is 55.8 Å². The van der Waals surface area contributed by atoms with Crippen LogP contribution in [0.5, 0.6) is 0 Å². The Labute approximate surface area is 221 Å². The van der Waals surface area contributed by atoms with Crippen LogP contribution in [-0.4, -0.2) is 66.4 Å². The maximum absolute atomic E-state index is 13.3. The number of carbonyl (C=O) groups excluding carboxylic acids is 4. The van der Waals surface area contributed by atoms with Gasteiger partial charge in [-0.25, -0.2) is 4.79 Å². The number of anilines is 2. The van der Waals surface area contributed by atoms with Gasteiger partial charge in [-0.3, -0.25) is 14.4 Å². The van der Waals surface area contributed by atoms with Crippen LogP contribution in [0, 0.1) is 6.92 Å². The molecule has 0 bridgehead atoms. The summed E-state index contributed by atoms with van der Waals surface area (Å²) < 4.78 is 5.04. The molecule has 1 aliphatic rings. The van der Waals surface area contributed by atoms with Crippen LogP contribution in [0.15, 0.2) is 72.8 Å². The second kappa shape index (κ2) is 12.1. The lowest BCUT2D eigenvalue weighted by molar-refractivity contribution is 0.0571. The lowest BCUT2D eigenvalue weighted by atomic mass is 10.1. The second-order valence-electron chi connectivity index (χ2n) is 8.83. The summed E-state index contributed by atoms with van der Waals surface area (Å²) in [7, 11) is 0. The first kappa shape index (κ1) is 26.4. The summed E-state index contributed by atoms with van der Waals surface area (Å²) in [5.74, 6) is -0.915. The Bertz CT molecular complexity index is 1330. The van der Waals surface area contributed by atoms with E-state index < -0.39 is 5.91 Å². The summed E-state index contributed by atoms with van der Waals surface area (Å²) in [6.45, 7) is 5.37. The number of carbonyl (C=O) groups is 4. The fourth-order valence-electron chi connectivity index (χ4n) is 4.13. The number of amides is 4. The second-order valence-corrected chi connectivity index (χ2v) is 8.83. The average Bonchev–Trinajstić information content (AvgIpc) is 2.94. The molecule has 0 aliphatic carbocycles. The summed E-state index contributed by atoms with van der Waals surface area (Å²) >= 11 is 0. The molecular weight excluding hydrogens is 484 g/mol. The zero-order valence-electron chi connectivity index (χ0n) is 21.4. The summed E-state index contributed by atoms with van der Waals surface area (Å²) in [5, 5.41) is 5.70. The van der Waals surface area contributed by atoms with Crippen LogP contribution in [0.25, 0.3) is 0 Å². The smallest absolute Gasteiger partial charge is 0.409 e. The van der Waals surface area contributed by atoms with Crippen molar-refractivity contribution in [2.45, 2.75) is 13.8 Å². The predicted molar refractivity (Wildman–Crippen MR) is 144 cm³/mol. The molecule has 1 saturated heterocycles. The van der Waals surface area contributed by atoms with Crippen LogP contribution in [0.4, 0.5) is 16.2 Å². The lowest BCUT2D eigenvalue weighted by Gasteiger charge is -2.34. The number of aryl methyl sites for hydroxylation is 1. The van der Waals surface area contributed by atoms with Crippen molar-refractivity contribution in [2.24, 2.45) is 0 Å². The van der Waals surface area contributed by atoms with Gasteiger partial charge in [-0.1, -0.05) is 36.4 Å². The van der Waals surface area contributed by atoms with E-state index in [0.29, 0.717) is 60.9 Å². The standard InChI is InChI=1S/C29H30N4O5/c1-3-38-29(37)33-17-15-32(16-18-33)28(36)23-11-7-8-12-24(23)30-27(35)22-14-13-20(2)25(19-22)31-26(34)21-9-5-4-6-10-21/h4-14,19H,3,15-18H2,1-2H3,(H,30,35)(H,31,34). The van der Waals surface area contributed by atoms with Gasteiger partial charge >= 0.3 is 6.09 Å². The van der Waals surface area contributed by atoms with E-state index in [9.17, 15) is 19.2 Å². The molecule has 0 aromatic heterocycles. The Hall–Kier alpha value is -4.66. The van der Waals surface area contributed by atoms with Crippen molar-refractivity contribution in [3.8, 4) is 0 Å². The highest BCUT2D eigenvalue weighted by molar-refractivity contribution is 6.10. The van der Waals surface area contributed by atoms with Crippen LogP contribution in [0.2, 0.25) is 0 Å². The minimum atomic E-state index is -0.410. The Morgan fingerprint density at radius 3 is 2.05 bits per heavy atom. The van der Waals surface area contributed by atoms with Gasteiger partial charge in [0.2, 0.25) is 0 Å². The highest BCUT2D eigenvalue weighted by atomic mass is 16.6. The van der Waals surface area contributed by atoms with Crippen molar-refractivity contribution in [3.05, 3.63) is 95.1 Å². The summed E-state index contributed by atoms with van der Waals surface area (Å²) in [6.07, 6.45) is -0.385. The van der Waals surface area contributed by atoms with Gasteiger partial charge in [0.25, 0.3) is 17.7 Å². The van der Waals surface area contributed by atoms with Gasteiger partial charge in [-0.2, -0.15) is 0 Å². The maximum atomic E-state index is 13.3. The number of piperazine rings is 1. The number of nitrogens with one attached hydrogen (secondary N) is 2. The van der Waals surface area contributed by atoms with Crippen molar-refractivity contribution < 1.29 is 23.9 Å². The molecule has 0 spiro atoms. The molecule has 196 valence electrons. The lowest BCUT2D eigenvalue weighted by Crippen LogP contribution is -2.50. The number of benzene rings is 3. The number of hydrogen-bond donors (Lipinski definition) is 2. The number of hydrogen-bond acceptors (Lipinski definition) is 5. The minimum Gasteiger partial charge on any atom is -0.450 e. The van der Waals surface area contributed by atoms with Crippen LogP contribution in [0.3, 0.4) is 0 Å². The van der Waals surface area contributed by atoms with Crippen molar-refractivity contribution in [3.63, 3.8) is 0 Å². The highest BCUT2D eigenvalue weighted by Gasteiger charge is 2.27. The van der Waals surface area contributed by atoms with E-state index in [0.717, 1.165) is 5.56 Å². The van der Waals surface area contributed by atoms with Gasteiger partial charge in [0.1, 0.15) is 0 Å². The van der Waals surface area contributed by atoms with Crippen LogP contribution < -0.4 is 10.6 Å². The molecule has 1 fully saturated rings. The molecular formula is C29H30N4O5. The van der Waals surface area contributed by atoms with Gasteiger partial charge in [0.05, 0.1) is 17.9 Å². The summed E-state index contributed by atoms with van der Waals surface area (Å²) in [4.78, 5) is 54.3. The highest BCUT2D eigenvalue weighted by Crippen LogP contribution is 2.22. The van der Waals surface area contributed by atoms with Crippen LogP contribution in [0.1, 0.15) is 43.6 Å². The Balaban J connectivity index is 1.45. The number of ether oxygens (including phenoxy) is 1. The monoisotopic (exact) mass is 514 g/mol. The fraction of sp³-hybridized carbons (Fsp3) is 0.241. The fourth-order valence-corrected chi connectivity index (χ4v) is 4.13. The third-order valence-corrected chi connectivity index (χ3v) is 6.28. The van der Waals surface area contributed by atoms with Crippen LogP contribution >= 0.6 is 0 Å². The van der Waals surface area contributed by atoms with E-state index in [-0.39, 0.29) is 17.9 Å². The van der Waals surface area contributed by atoms with Gasteiger partial charge in [-0.15, -0.1) is 0 Å². The Morgan fingerprint density at radius 2 is 1.34 bits per heavy atom. The molecule has 9 heteroatoms. The van der Waals surface area contributed by atoms with Crippen LogP contribution in [-0.2, 0) is 4.74 Å².